The smallest absolute Gasteiger partial charge is 0.265 e. The van der Waals surface area contributed by atoms with Gasteiger partial charge in [-0.1, -0.05) is 42.0 Å². The van der Waals surface area contributed by atoms with Gasteiger partial charge in [-0.25, -0.2) is 0 Å². The average Bonchev–Trinajstić information content (AvgIpc) is 3.34. The highest BCUT2D eigenvalue weighted by Gasteiger charge is 2.25. The third-order valence-corrected chi connectivity index (χ3v) is 6.24. The predicted octanol–water partition coefficient (Wildman–Crippen LogP) is 6.27. The van der Waals surface area contributed by atoms with Crippen molar-refractivity contribution in [2.75, 3.05) is 5.32 Å². The first kappa shape index (κ1) is 18.6. The monoisotopic (exact) mass is 389 g/mol. The zero-order valence-electron chi connectivity index (χ0n) is 16.1. The van der Waals surface area contributed by atoms with Crippen molar-refractivity contribution in [3.05, 3.63) is 76.2 Å². The van der Waals surface area contributed by atoms with Crippen LogP contribution in [-0.2, 0) is 0 Å². The molecule has 1 aliphatic rings. The van der Waals surface area contributed by atoms with Crippen LogP contribution in [0.3, 0.4) is 0 Å². The first-order chi connectivity index (χ1) is 13.5. The fourth-order valence-corrected chi connectivity index (χ4v) is 4.13. The summed E-state index contributed by atoms with van der Waals surface area (Å²) in [7, 11) is 0. The van der Waals surface area contributed by atoms with E-state index >= 15 is 0 Å². The van der Waals surface area contributed by atoms with Gasteiger partial charge in [0.2, 0.25) is 0 Å². The largest absolute Gasteiger partial charge is 0.321 e. The number of benzene rings is 2. The number of Topliss-reactive ketones (excluding diaryl/α,β-unsaturated/α-hetero) is 1. The zero-order chi connectivity index (χ0) is 19.7. The van der Waals surface area contributed by atoms with Gasteiger partial charge < -0.3 is 5.32 Å². The van der Waals surface area contributed by atoms with E-state index in [2.05, 4.69) is 30.4 Å². The van der Waals surface area contributed by atoms with Gasteiger partial charge in [-0.05, 0) is 61.9 Å². The number of amides is 1. The van der Waals surface area contributed by atoms with Crippen LogP contribution < -0.4 is 5.32 Å². The number of anilines is 1. The van der Waals surface area contributed by atoms with E-state index in [-0.39, 0.29) is 11.7 Å². The van der Waals surface area contributed by atoms with E-state index in [0.717, 1.165) is 28.8 Å². The zero-order valence-corrected chi connectivity index (χ0v) is 16.9. The number of ketones is 1. The molecule has 1 N–H and O–H groups in total. The lowest BCUT2D eigenvalue weighted by Gasteiger charge is -2.10. The molecule has 0 bridgehead atoms. The predicted molar refractivity (Wildman–Crippen MR) is 115 cm³/mol. The summed E-state index contributed by atoms with van der Waals surface area (Å²) in [5, 5.41) is 2.99. The van der Waals surface area contributed by atoms with Gasteiger partial charge in [-0.3, -0.25) is 9.59 Å². The van der Waals surface area contributed by atoms with Crippen molar-refractivity contribution in [1.29, 1.82) is 0 Å². The van der Waals surface area contributed by atoms with Gasteiger partial charge in [0.25, 0.3) is 5.91 Å². The van der Waals surface area contributed by atoms with Gasteiger partial charge in [-0.2, -0.15) is 0 Å². The maximum absolute atomic E-state index is 12.8. The van der Waals surface area contributed by atoms with E-state index in [1.54, 1.807) is 0 Å². The minimum atomic E-state index is -0.140. The molecule has 0 saturated heterocycles. The van der Waals surface area contributed by atoms with Crippen molar-refractivity contribution in [1.82, 2.24) is 0 Å². The minimum Gasteiger partial charge on any atom is -0.321 e. The lowest BCUT2D eigenvalue weighted by Crippen LogP contribution is -2.12. The highest BCUT2D eigenvalue weighted by molar-refractivity contribution is 7.17. The maximum Gasteiger partial charge on any atom is 0.265 e. The molecule has 3 nitrogen and oxygen atoms in total. The SMILES string of the molecule is Cc1cccc(-c2ccc(C(=O)Nc3cc(C(=O)CC4CC4)ccc3C)s2)c1. The van der Waals surface area contributed by atoms with E-state index in [4.69, 9.17) is 0 Å². The second kappa shape index (κ2) is 7.72. The minimum absolute atomic E-state index is 0.140. The number of aryl methyl sites for hydroxylation is 2. The summed E-state index contributed by atoms with van der Waals surface area (Å²) < 4.78 is 0. The molecule has 1 aromatic heterocycles. The lowest BCUT2D eigenvalue weighted by molar-refractivity contribution is 0.0974. The molecule has 1 saturated carbocycles. The van der Waals surface area contributed by atoms with Crippen LogP contribution in [0.25, 0.3) is 10.4 Å². The molecule has 4 rings (SSSR count). The van der Waals surface area contributed by atoms with Gasteiger partial charge in [0.1, 0.15) is 0 Å². The number of hydrogen-bond acceptors (Lipinski definition) is 3. The second-order valence-corrected chi connectivity index (χ2v) is 8.67. The summed E-state index contributed by atoms with van der Waals surface area (Å²) in [6.07, 6.45) is 2.92. The van der Waals surface area contributed by atoms with Crippen molar-refractivity contribution < 1.29 is 9.59 Å². The number of thiophene rings is 1. The van der Waals surface area contributed by atoms with Gasteiger partial charge in [0.15, 0.2) is 5.78 Å². The van der Waals surface area contributed by atoms with Crippen LogP contribution in [0.15, 0.2) is 54.6 Å². The molecule has 28 heavy (non-hydrogen) atoms. The molecule has 3 aromatic rings. The maximum atomic E-state index is 12.8. The summed E-state index contributed by atoms with van der Waals surface area (Å²) in [6, 6.07) is 17.7. The van der Waals surface area contributed by atoms with E-state index in [1.165, 1.54) is 16.9 Å². The molecule has 1 heterocycles. The Bertz CT molecular complexity index is 1050. The Hall–Kier alpha value is -2.72. The Labute approximate surface area is 169 Å². The Morgan fingerprint density at radius 2 is 1.86 bits per heavy atom. The first-order valence-corrected chi connectivity index (χ1v) is 10.4. The summed E-state index contributed by atoms with van der Waals surface area (Å²) in [5.74, 6) is 0.577. The third kappa shape index (κ3) is 4.23. The van der Waals surface area contributed by atoms with E-state index < -0.39 is 0 Å². The molecule has 0 aliphatic heterocycles. The van der Waals surface area contributed by atoms with Gasteiger partial charge in [0.05, 0.1) is 4.88 Å². The van der Waals surface area contributed by atoms with E-state index in [9.17, 15) is 9.59 Å². The molecular weight excluding hydrogens is 366 g/mol. The highest BCUT2D eigenvalue weighted by Crippen LogP contribution is 2.34. The molecule has 0 atom stereocenters. The summed E-state index contributed by atoms with van der Waals surface area (Å²) in [5.41, 5.74) is 4.65. The van der Waals surface area contributed by atoms with Gasteiger partial charge >= 0.3 is 0 Å². The first-order valence-electron chi connectivity index (χ1n) is 9.61. The molecule has 0 radical (unpaired) electrons. The number of hydrogen-bond donors (Lipinski definition) is 1. The molecule has 2 aromatic carbocycles. The van der Waals surface area contributed by atoms with Crippen molar-refractivity contribution in [2.24, 2.45) is 5.92 Å². The highest BCUT2D eigenvalue weighted by atomic mass is 32.1. The normalized spacial score (nSPS) is 13.4. The van der Waals surface area contributed by atoms with Crippen LogP contribution in [0.1, 0.15) is 50.4 Å². The summed E-state index contributed by atoms with van der Waals surface area (Å²) >= 11 is 1.48. The standard InChI is InChI=1S/C24H23NO2S/c1-15-4-3-5-19(12-15)22-10-11-23(28-22)24(27)25-20-14-18(9-6-16(20)2)21(26)13-17-7-8-17/h3-6,9-12,14,17H,7-8,13H2,1-2H3,(H,25,27). The van der Waals surface area contributed by atoms with Crippen molar-refractivity contribution in [3.63, 3.8) is 0 Å². The number of carbonyl (C=O) groups is 2. The van der Waals surface area contributed by atoms with Crippen LogP contribution in [0, 0.1) is 19.8 Å². The average molecular weight is 390 g/mol. The fraction of sp³-hybridized carbons (Fsp3) is 0.250. The second-order valence-electron chi connectivity index (χ2n) is 7.59. The molecule has 0 unspecified atom stereocenters. The molecule has 1 amide bonds. The molecule has 142 valence electrons. The number of nitrogens with one attached hydrogen (secondary N) is 1. The van der Waals surface area contributed by atoms with Crippen LogP contribution >= 0.6 is 11.3 Å². The van der Waals surface area contributed by atoms with Crippen LogP contribution in [0.5, 0.6) is 0 Å². The quantitative estimate of drug-likeness (QED) is 0.505. The van der Waals surface area contributed by atoms with Gasteiger partial charge in [-0.15, -0.1) is 11.3 Å². The summed E-state index contributed by atoms with van der Waals surface area (Å²) in [4.78, 5) is 26.9. The Morgan fingerprint density at radius 1 is 1.04 bits per heavy atom. The van der Waals surface area contributed by atoms with Crippen LogP contribution in [0.2, 0.25) is 0 Å². The van der Waals surface area contributed by atoms with Crippen molar-refractivity contribution in [3.8, 4) is 10.4 Å². The van der Waals surface area contributed by atoms with Crippen molar-refractivity contribution >= 4 is 28.7 Å². The summed E-state index contributed by atoms with van der Waals surface area (Å²) in [6.45, 7) is 4.00. The topological polar surface area (TPSA) is 46.2 Å². The number of carbonyl (C=O) groups excluding carboxylic acids is 2. The fourth-order valence-electron chi connectivity index (χ4n) is 3.23. The van der Waals surface area contributed by atoms with Gasteiger partial charge in [0, 0.05) is 22.5 Å². The van der Waals surface area contributed by atoms with Crippen molar-refractivity contribution in [2.45, 2.75) is 33.1 Å². The third-order valence-electron chi connectivity index (χ3n) is 5.11. The molecule has 0 spiro atoms. The molecule has 1 aliphatic carbocycles. The van der Waals surface area contributed by atoms with Crippen LogP contribution in [-0.4, -0.2) is 11.7 Å². The Balaban J connectivity index is 1.51. The molecular formula is C24H23NO2S. The Kier molecular flexibility index (Phi) is 5.14. The molecule has 1 fully saturated rings. The van der Waals surface area contributed by atoms with Crippen LogP contribution in [0.4, 0.5) is 5.69 Å². The number of rotatable bonds is 6. The van der Waals surface area contributed by atoms with E-state index in [1.807, 2.05) is 43.3 Å². The van der Waals surface area contributed by atoms with E-state index in [0.29, 0.717) is 28.5 Å². The Morgan fingerprint density at radius 3 is 2.61 bits per heavy atom. The molecule has 4 heteroatoms. The lowest BCUT2D eigenvalue weighted by atomic mass is 10.0.